The van der Waals surface area contributed by atoms with Gasteiger partial charge in [-0.3, -0.25) is 9.59 Å². The fourth-order valence-corrected chi connectivity index (χ4v) is 1.94. The average Bonchev–Trinajstić information content (AvgIpc) is 2.95. The third-order valence-electron chi connectivity index (χ3n) is 3.05. The molecule has 2 rings (SSSR count). The Kier molecular flexibility index (Phi) is 4.99. The van der Waals surface area contributed by atoms with Gasteiger partial charge < -0.3 is 19.7 Å². The number of rotatable bonds is 4. The van der Waals surface area contributed by atoms with Crippen LogP contribution >= 0.6 is 0 Å². The Morgan fingerprint density at radius 1 is 1.36 bits per heavy atom. The number of ketones is 1. The Balaban J connectivity index is 2.20. The topological polar surface area (TPSA) is 120 Å². The SMILES string of the molecule is CC(=O)C(N=Nc1nc[nH]c1C(=O)N1CCOCC1)=C(C)O. The number of aromatic amines is 1. The molecule has 9 nitrogen and oxygen atoms in total. The number of aliphatic hydroxyl groups is 1. The number of aliphatic hydroxyl groups excluding tert-OH is 1. The number of aromatic nitrogens is 2. The second kappa shape index (κ2) is 6.94. The maximum Gasteiger partial charge on any atom is 0.274 e. The fraction of sp³-hybridized carbons (Fsp3) is 0.462. The molecule has 0 unspecified atom stereocenters. The molecule has 1 aromatic rings. The van der Waals surface area contributed by atoms with Crippen LogP contribution in [-0.2, 0) is 9.53 Å². The minimum Gasteiger partial charge on any atom is -0.510 e. The molecule has 0 aliphatic carbocycles. The number of hydrogen-bond donors (Lipinski definition) is 2. The summed E-state index contributed by atoms with van der Waals surface area (Å²) in [6.07, 6.45) is 1.32. The lowest BCUT2D eigenvalue weighted by Gasteiger charge is -2.26. The third kappa shape index (κ3) is 3.55. The lowest BCUT2D eigenvalue weighted by atomic mass is 10.3. The molecule has 2 heterocycles. The van der Waals surface area contributed by atoms with Gasteiger partial charge >= 0.3 is 0 Å². The van der Waals surface area contributed by atoms with Gasteiger partial charge in [0.15, 0.2) is 17.2 Å². The zero-order chi connectivity index (χ0) is 16.1. The number of amides is 1. The molecule has 1 aliphatic rings. The minimum absolute atomic E-state index is 0.0662. The maximum absolute atomic E-state index is 12.4. The summed E-state index contributed by atoms with van der Waals surface area (Å²) in [5.41, 5.74) is 0.0110. The highest BCUT2D eigenvalue weighted by atomic mass is 16.5. The first kappa shape index (κ1) is 15.8. The monoisotopic (exact) mass is 307 g/mol. The van der Waals surface area contributed by atoms with Crippen LogP contribution in [0.25, 0.3) is 0 Å². The van der Waals surface area contributed by atoms with Crippen molar-refractivity contribution in [2.75, 3.05) is 26.3 Å². The molecule has 1 aliphatic heterocycles. The normalized spacial score (nSPS) is 16.7. The van der Waals surface area contributed by atoms with Gasteiger partial charge in [0.2, 0.25) is 5.82 Å². The number of carbonyl (C=O) groups excluding carboxylic acids is 2. The number of morpholine rings is 1. The van der Waals surface area contributed by atoms with Crippen molar-refractivity contribution in [1.82, 2.24) is 14.9 Å². The number of ether oxygens (including phenoxy) is 1. The van der Waals surface area contributed by atoms with Crippen molar-refractivity contribution in [3.05, 3.63) is 23.5 Å². The van der Waals surface area contributed by atoms with Gasteiger partial charge in [0.1, 0.15) is 5.76 Å². The molecule has 9 heteroatoms. The van der Waals surface area contributed by atoms with Crippen LogP contribution < -0.4 is 0 Å². The average molecular weight is 307 g/mol. The van der Waals surface area contributed by atoms with Crippen molar-refractivity contribution >= 4 is 17.5 Å². The van der Waals surface area contributed by atoms with Crippen LogP contribution in [0.4, 0.5) is 5.82 Å². The molecule has 2 N–H and O–H groups in total. The smallest absolute Gasteiger partial charge is 0.274 e. The summed E-state index contributed by atoms with van der Waals surface area (Å²) in [6.45, 7) is 4.54. The lowest BCUT2D eigenvalue weighted by molar-refractivity contribution is -0.113. The number of carbonyl (C=O) groups is 2. The Labute approximate surface area is 126 Å². The van der Waals surface area contributed by atoms with Gasteiger partial charge in [0.05, 0.1) is 19.5 Å². The molecule has 0 aromatic carbocycles. The largest absolute Gasteiger partial charge is 0.510 e. The molecule has 118 valence electrons. The Morgan fingerprint density at radius 2 is 2.05 bits per heavy atom. The lowest BCUT2D eigenvalue weighted by Crippen LogP contribution is -2.40. The standard InChI is InChI=1S/C13H17N5O4/c1-8(19)10(9(2)20)16-17-12-11(14-7-15-12)13(21)18-3-5-22-6-4-18/h7,19H,3-6H2,1-2H3,(H,14,15). The highest BCUT2D eigenvalue weighted by Gasteiger charge is 2.23. The number of H-pyrrole nitrogens is 1. The summed E-state index contributed by atoms with van der Waals surface area (Å²) in [5, 5.41) is 16.9. The number of imidazole rings is 1. The maximum atomic E-state index is 12.4. The van der Waals surface area contributed by atoms with E-state index in [1.807, 2.05) is 0 Å². The second-order valence-electron chi connectivity index (χ2n) is 4.70. The molecule has 22 heavy (non-hydrogen) atoms. The van der Waals surface area contributed by atoms with E-state index in [1.54, 1.807) is 4.90 Å². The van der Waals surface area contributed by atoms with Crippen LogP contribution in [0.3, 0.4) is 0 Å². The number of Topliss-reactive ketones (excluding diaryl/α,β-unsaturated/α-hetero) is 1. The zero-order valence-electron chi connectivity index (χ0n) is 12.4. The molecular weight excluding hydrogens is 290 g/mol. The van der Waals surface area contributed by atoms with E-state index in [0.717, 1.165) is 0 Å². The van der Waals surface area contributed by atoms with Crippen molar-refractivity contribution < 1.29 is 19.4 Å². The summed E-state index contributed by atoms with van der Waals surface area (Å²) < 4.78 is 5.20. The van der Waals surface area contributed by atoms with Crippen LogP contribution in [0.15, 0.2) is 28.0 Å². The fourth-order valence-electron chi connectivity index (χ4n) is 1.94. The molecule has 1 saturated heterocycles. The van der Waals surface area contributed by atoms with Gasteiger partial charge in [-0.2, -0.15) is 0 Å². The van der Waals surface area contributed by atoms with E-state index in [4.69, 9.17) is 4.74 Å². The van der Waals surface area contributed by atoms with E-state index in [1.165, 1.54) is 20.2 Å². The van der Waals surface area contributed by atoms with Crippen molar-refractivity contribution in [2.24, 2.45) is 10.2 Å². The predicted molar refractivity (Wildman–Crippen MR) is 75.8 cm³/mol. The summed E-state index contributed by atoms with van der Waals surface area (Å²) >= 11 is 0. The summed E-state index contributed by atoms with van der Waals surface area (Å²) in [4.78, 5) is 31.9. The van der Waals surface area contributed by atoms with Gasteiger partial charge in [-0.1, -0.05) is 0 Å². The van der Waals surface area contributed by atoms with Gasteiger partial charge in [0.25, 0.3) is 5.91 Å². The highest BCUT2D eigenvalue weighted by molar-refractivity contribution is 5.96. The van der Waals surface area contributed by atoms with Gasteiger partial charge in [-0.25, -0.2) is 4.98 Å². The Morgan fingerprint density at radius 3 is 2.64 bits per heavy atom. The molecule has 1 fully saturated rings. The molecule has 1 amide bonds. The predicted octanol–water partition coefficient (Wildman–Crippen LogP) is 1.34. The summed E-state index contributed by atoms with van der Waals surface area (Å²) in [7, 11) is 0. The van der Waals surface area contributed by atoms with Gasteiger partial charge in [-0.05, 0) is 6.92 Å². The van der Waals surface area contributed by atoms with Crippen LogP contribution in [0.2, 0.25) is 0 Å². The first-order chi connectivity index (χ1) is 10.5. The number of nitrogens with zero attached hydrogens (tertiary/aromatic N) is 4. The molecule has 1 aromatic heterocycles. The quantitative estimate of drug-likeness (QED) is 0.494. The summed E-state index contributed by atoms with van der Waals surface area (Å²) in [6, 6.07) is 0. The Bertz CT molecular complexity index is 624. The molecule has 0 saturated carbocycles. The number of hydrogen-bond acceptors (Lipinski definition) is 7. The first-order valence-corrected chi connectivity index (χ1v) is 6.73. The second-order valence-corrected chi connectivity index (χ2v) is 4.70. The number of allylic oxidation sites excluding steroid dienone is 2. The van der Waals surface area contributed by atoms with Crippen LogP contribution in [0.5, 0.6) is 0 Å². The summed E-state index contributed by atoms with van der Waals surface area (Å²) in [5.74, 6) is -0.867. The third-order valence-corrected chi connectivity index (χ3v) is 3.05. The van der Waals surface area contributed by atoms with Crippen molar-refractivity contribution in [1.29, 1.82) is 0 Å². The number of nitrogens with one attached hydrogen (secondary N) is 1. The van der Waals surface area contributed by atoms with Crippen LogP contribution in [0.1, 0.15) is 24.3 Å². The molecule has 0 spiro atoms. The molecule has 0 bridgehead atoms. The van der Waals surface area contributed by atoms with E-state index in [2.05, 4.69) is 20.2 Å². The van der Waals surface area contributed by atoms with Crippen molar-refractivity contribution in [2.45, 2.75) is 13.8 Å². The molecule has 0 atom stereocenters. The van der Waals surface area contributed by atoms with Gasteiger partial charge in [-0.15, -0.1) is 10.2 Å². The Hall–Kier alpha value is -2.55. The molecule has 0 radical (unpaired) electrons. The van der Waals surface area contributed by atoms with Crippen molar-refractivity contribution in [3.63, 3.8) is 0 Å². The van der Waals surface area contributed by atoms with E-state index in [0.29, 0.717) is 26.3 Å². The van der Waals surface area contributed by atoms with E-state index in [-0.39, 0.29) is 28.9 Å². The highest BCUT2D eigenvalue weighted by Crippen LogP contribution is 2.19. The zero-order valence-corrected chi connectivity index (χ0v) is 12.4. The van der Waals surface area contributed by atoms with Gasteiger partial charge in [0, 0.05) is 20.0 Å². The van der Waals surface area contributed by atoms with Crippen LogP contribution in [-0.4, -0.2) is 58.0 Å². The minimum atomic E-state index is -0.430. The first-order valence-electron chi connectivity index (χ1n) is 6.73. The van der Waals surface area contributed by atoms with Crippen LogP contribution in [0, 0.1) is 0 Å². The van der Waals surface area contributed by atoms with E-state index >= 15 is 0 Å². The van der Waals surface area contributed by atoms with Crippen molar-refractivity contribution in [3.8, 4) is 0 Å². The molecular formula is C13H17N5O4. The number of azo groups is 1. The van der Waals surface area contributed by atoms with E-state index in [9.17, 15) is 14.7 Å². The van der Waals surface area contributed by atoms with E-state index < -0.39 is 5.78 Å².